The third kappa shape index (κ3) is 6.75. The topological polar surface area (TPSA) is 12.5 Å². The normalized spacial score (nSPS) is 15.4. The lowest BCUT2D eigenvalue weighted by molar-refractivity contribution is 0.357. The van der Waals surface area contributed by atoms with Crippen molar-refractivity contribution in [2.75, 3.05) is 25.1 Å². The number of nitrogens with zero attached hydrogens (tertiary/aromatic N) is 1. The van der Waals surface area contributed by atoms with E-state index in [1.165, 1.54) is 89.4 Å². The molecule has 1 aromatic rings. The zero-order chi connectivity index (χ0) is 17.0. The molecule has 0 unspecified atom stereocenters. The van der Waals surface area contributed by atoms with Crippen molar-refractivity contribution in [1.29, 1.82) is 0 Å². The first-order chi connectivity index (χ1) is 11.8. The highest BCUT2D eigenvalue weighted by atomic mass is 16.5. The van der Waals surface area contributed by atoms with E-state index in [-0.39, 0.29) is 0 Å². The third-order valence-corrected chi connectivity index (χ3v) is 5.42. The molecule has 1 aliphatic carbocycles. The van der Waals surface area contributed by atoms with Gasteiger partial charge in [0.25, 0.3) is 0 Å². The van der Waals surface area contributed by atoms with Crippen molar-refractivity contribution in [3.63, 3.8) is 0 Å². The molecule has 0 bridgehead atoms. The van der Waals surface area contributed by atoms with E-state index in [0.29, 0.717) is 0 Å². The molecule has 2 nitrogen and oxygen atoms in total. The number of ether oxygens (including phenoxy) is 1. The molecule has 0 saturated heterocycles. The predicted octanol–water partition coefficient (Wildman–Crippen LogP) is 6.44. The fourth-order valence-corrected chi connectivity index (χ4v) is 3.88. The summed E-state index contributed by atoms with van der Waals surface area (Å²) in [7, 11) is 1.74. The van der Waals surface area contributed by atoms with Gasteiger partial charge in [-0.05, 0) is 49.4 Å². The number of hydrogen-bond donors (Lipinski definition) is 0. The van der Waals surface area contributed by atoms with E-state index in [1.54, 1.807) is 7.11 Å². The number of methoxy groups -OCH3 is 1. The summed E-state index contributed by atoms with van der Waals surface area (Å²) in [4.78, 5) is 2.63. The van der Waals surface area contributed by atoms with Gasteiger partial charge >= 0.3 is 0 Å². The lowest BCUT2D eigenvalue weighted by atomic mass is 9.88. The van der Waals surface area contributed by atoms with Gasteiger partial charge in [0.15, 0.2) is 0 Å². The SMILES string of the molecule is CCCCCCCCN(CC1CCCCC1)c1ccc(OC)cc1. The molecule has 0 aliphatic heterocycles. The Balaban J connectivity index is 1.87. The first-order valence-corrected chi connectivity index (χ1v) is 10.2. The second-order valence-corrected chi connectivity index (χ2v) is 7.42. The summed E-state index contributed by atoms with van der Waals surface area (Å²) in [5.41, 5.74) is 1.37. The maximum absolute atomic E-state index is 5.32. The van der Waals surface area contributed by atoms with Crippen molar-refractivity contribution >= 4 is 5.69 Å². The van der Waals surface area contributed by atoms with Gasteiger partial charge in [0.1, 0.15) is 5.75 Å². The Kier molecular flexibility index (Phi) is 9.09. The minimum Gasteiger partial charge on any atom is -0.497 e. The van der Waals surface area contributed by atoms with Gasteiger partial charge in [-0.25, -0.2) is 0 Å². The molecule has 1 aromatic carbocycles. The van der Waals surface area contributed by atoms with Gasteiger partial charge in [-0.3, -0.25) is 0 Å². The Hall–Kier alpha value is -1.18. The Morgan fingerprint density at radius 2 is 1.58 bits per heavy atom. The molecule has 24 heavy (non-hydrogen) atoms. The van der Waals surface area contributed by atoms with Crippen LogP contribution in [0.5, 0.6) is 5.75 Å². The van der Waals surface area contributed by atoms with E-state index in [4.69, 9.17) is 4.74 Å². The van der Waals surface area contributed by atoms with E-state index < -0.39 is 0 Å². The molecule has 0 heterocycles. The van der Waals surface area contributed by atoms with Crippen LogP contribution in [-0.4, -0.2) is 20.2 Å². The van der Waals surface area contributed by atoms with Crippen LogP contribution < -0.4 is 9.64 Å². The summed E-state index contributed by atoms with van der Waals surface area (Å²) in [6, 6.07) is 8.67. The number of unbranched alkanes of at least 4 members (excludes halogenated alkanes) is 5. The monoisotopic (exact) mass is 331 g/mol. The minimum absolute atomic E-state index is 0.890. The van der Waals surface area contributed by atoms with Crippen LogP contribution in [-0.2, 0) is 0 Å². The smallest absolute Gasteiger partial charge is 0.119 e. The maximum atomic E-state index is 5.32. The molecule has 0 amide bonds. The van der Waals surface area contributed by atoms with Crippen LogP contribution >= 0.6 is 0 Å². The molecule has 136 valence electrons. The highest BCUT2D eigenvalue weighted by Gasteiger charge is 2.17. The number of rotatable bonds is 11. The summed E-state index contributed by atoms with van der Waals surface area (Å²) in [5.74, 6) is 1.84. The molecule has 0 radical (unpaired) electrons. The Bertz CT molecular complexity index is 422. The second-order valence-electron chi connectivity index (χ2n) is 7.42. The summed E-state index contributed by atoms with van der Waals surface area (Å²) in [6.45, 7) is 4.73. The summed E-state index contributed by atoms with van der Waals surface area (Å²) in [5, 5.41) is 0. The van der Waals surface area contributed by atoms with Crippen LogP contribution in [0, 0.1) is 5.92 Å². The van der Waals surface area contributed by atoms with Gasteiger partial charge in [-0.15, -0.1) is 0 Å². The molecule has 1 fully saturated rings. The van der Waals surface area contributed by atoms with E-state index in [2.05, 4.69) is 36.1 Å². The molecule has 0 aromatic heterocycles. The molecule has 2 heteroatoms. The van der Waals surface area contributed by atoms with Crippen LogP contribution in [0.25, 0.3) is 0 Å². The van der Waals surface area contributed by atoms with Gasteiger partial charge in [0.05, 0.1) is 7.11 Å². The molecule has 1 saturated carbocycles. The van der Waals surface area contributed by atoms with E-state index >= 15 is 0 Å². The highest BCUT2D eigenvalue weighted by Crippen LogP contribution is 2.27. The van der Waals surface area contributed by atoms with Crippen molar-refractivity contribution in [2.45, 2.75) is 77.6 Å². The molecule has 0 N–H and O–H groups in total. The van der Waals surface area contributed by atoms with Gasteiger partial charge < -0.3 is 9.64 Å². The van der Waals surface area contributed by atoms with E-state index in [9.17, 15) is 0 Å². The Morgan fingerprint density at radius 1 is 0.917 bits per heavy atom. The molecular formula is C22H37NO. The lowest BCUT2D eigenvalue weighted by Crippen LogP contribution is -2.31. The van der Waals surface area contributed by atoms with Crippen molar-refractivity contribution in [2.24, 2.45) is 5.92 Å². The standard InChI is InChI=1S/C22H37NO/c1-3-4-5-6-7-11-18-23(19-20-12-9-8-10-13-20)21-14-16-22(24-2)17-15-21/h14-17,20H,3-13,18-19H2,1-2H3. The quantitative estimate of drug-likeness (QED) is 0.432. The largest absolute Gasteiger partial charge is 0.497 e. The van der Waals surface area contributed by atoms with Crippen molar-refractivity contribution in [3.05, 3.63) is 24.3 Å². The lowest BCUT2D eigenvalue weighted by Gasteiger charge is -2.31. The summed E-state index contributed by atoms with van der Waals surface area (Å²) < 4.78 is 5.32. The van der Waals surface area contributed by atoms with Gasteiger partial charge in [-0.1, -0.05) is 58.3 Å². The van der Waals surface area contributed by atoms with Crippen LogP contribution in [0.4, 0.5) is 5.69 Å². The molecule has 2 rings (SSSR count). The van der Waals surface area contributed by atoms with Gasteiger partial charge in [0, 0.05) is 18.8 Å². The van der Waals surface area contributed by atoms with Gasteiger partial charge in [-0.2, -0.15) is 0 Å². The number of benzene rings is 1. The van der Waals surface area contributed by atoms with Gasteiger partial charge in [0.2, 0.25) is 0 Å². The van der Waals surface area contributed by atoms with Crippen LogP contribution in [0.1, 0.15) is 77.6 Å². The molecule has 0 spiro atoms. The van der Waals surface area contributed by atoms with Crippen molar-refractivity contribution < 1.29 is 4.74 Å². The zero-order valence-corrected chi connectivity index (χ0v) is 15.9. The highest BCUT2D eigenvalue weighted by molar-refractivity contribution is 5.49. The van der Waals surface area contributed by atoms with Crippen LogP contribution in [0.3, 0.4) is 0 Å². The molecular weight excluding hydrogens is 294 g/mol. The fraction of sp³-hybridized carbons (Fsp3) is 0.727. The Morgan fingerprint density at radius 3 is 2.25 bits per heavy atom. The number of hydrogen-bond acceptors (Lipinski definition) is 2. The molecule has 1 aliphatic rings. The second kappa shape index (κ2) is 11.4. The van der Waals surface area contributed by atoms with Crippen LogP contribution in [0.15, 0.2) is 24.3 Å². The maximum Gasteiger partial charge on any atom is 0.119 e. The van der Waals surface area contributed by atoms with E-state index in [0.717, 1.165) is 11.7 Å². The average Bonchev–Trinajstić information content (AvgIpc) is 2.64. The minimum atomic E-state index is 0.890. The van der Waals surface area contributed by atoms with Crippen molar-refractivity contribution in [1.82, 2.24) is 0 Å². The third-order valence-electron chi connectivity index (χ3n) is 5.42. The first kappa shape index (κ1) is 19.1. The van der Waals surface area contributed by atoms with Crippen LogP contribution in [0.2, 0.25) is 0 Å². The number of anilines is 1. The predicted molar refractivity (Wildman–Crippen MR) is 105 cm³/mol. The molecule has 0 atom stereocenters. The first-order valence-electron chi connectivity index (χ1n) is 10.2. The van der Waals surface area contributed by atoms with Crippen molar-refractivity contribution in [3.8, 4) is 5.75 Å². The summed E-state index contributed by atoms with van der Waals surface area (Å²) in [6.07, 6.45) is 15.4. The van der Waals surface area contributed by atoms with E-state index in [1.807, 2.05) is 0 Å². The Labute approximate surface area is 149 Å². The zero-order valence-electron chi connectivity index (χ0n) is 15.9. The average molecular weight is 332 g/mol. The fourth-order valence-electron chi connectivity index (χ4n) is 3.88. The summed E-state index contributed by atoms with van der Waals surface area (Å²) >= 11 is 0.